The average molecular weight is 330 g/mol. The standard InChI is InChI=1S/C18H23FN4O/c1-2-20-12-13-7-9-23(10-8-13)18(24)17-11-16(21-22-17)14-3-5-15(19)6-4-14/h3-6,11,13,20H,2,7-10,12H2,1H3,(H,21,22). The Morgan fingerprint density at radius 1 is 1.33 bits per heavy atom. The first-order chi connectivity index (χ1) is 11.7. The quantitative estimate of drug-likeness (QED) is 0.886. The van der Waals surface area contributed by atoms with Crippen molar-refractivity contribution in [1.82, 2.24) is 20.4 Å². The molecule has 1 saturated heterocycles. The molecule has 0 aliphatic carbocycles. The highest BCUT2D eigenvalue weighted by atomic mass is 19.1. The number of aromatic nitrogens is 2. The number of piperidine rings is 1. The molecule has 2 heterocycles. The fourth-order valence-electron chi connectivity index (χ4n) is 3.06. The first-order valence-electron chi connectivity index (χ1n) is 8.48. The van der Waals surface area contributed by atoms with E-state index < -0.39 is 0 Å². The molecule has 6 heteroatoms. The Morgan fingerprint density at radius 2 is 2.04 bits per heavy atom. The highest BCUT2D eigenvalue weighted by molar-refractivity contribution is 5.93. The molecule has 0 unspecified atom stereocenters. The maximum atomic E-state index is 13.0. The van der Waals surface area contributed by atoms with Gasteiger partial charge in [0.2, 0.25) is 0 Å². The van der Waals surface area contributed by atoms with Gasteiger partial charge in [0.1, 0.15) is 11.5 Å². The third-order valence-corrected chi connectivity index (χ3v) is 4.53. The molecule has 1 aliphatic heterocycles. The molecular weight excluding hydrogens is 307 g/mol. The van der Waals surface area contributed by atoms with Crippen molar-refractivity contribution in [3.8, 4) is 11.3 Å². The number of hydrogen-bond acceptors (Lipinski definition) is 3. The molecule has 1 amide bonds. The smallest absolute Gasteiger partial charge is 0.271 e. The second kappa shape index (κ2) is 7.57. The topological polar surface area (TPSA) is 61.0 Å². The van der Waals surface area contributed by atoms with Crippen LogP contribution in [0.2, 0.25) is 0 Å². The predicted molar refractivity (Wildman–Crippen MR) is 91.2 cm³/mol. The van der Waals surface area contributed by atoms with Gasteiger partial charge in [-0.1, -0.05) is 6.92 Å². The highest BCUT2D eigenvalue weighted by Crippen LogP contribution is 2.21. The van der Waals surface area contributed by atoms with Crippen LogP contribution in [0, 0.1) is 11.7 Å². The largest absolute Gasteiger partial charge is 0.337 e. The molecule has 1 aromatic heterocycles. The Labute approximate surface area is 141 Å². The fourth-order valence-corrected chi connectivity index (χ4v) is 3.06. The van der Waals surface area contributed by atoms with Crippen LogP contribution in [0.25, 0.3) is 11.3 Å². The molecule has 5 nitrogen and oxygen atoms in total. The number of carbonyl (C=O) groups is 1. The lowest BCUT2D eigenvalue weighted by atomic mass is 9.96. The average Bonchev–Trinajstić information content (AvgIpc) is 3.10. The molecule has 0 saturated carbocycles. The molecule has 0 atom stereocenters. The third-order valence-electron chi connectivity index (χ3n) is 4.53. The van der Waals surface area contributed by atoms with E-state index in [1.165, 1.54) is 12.1 Å². The van der Waals surface area contributed by atoms with Crippen LogP contribution in [0.5, 0.6) is 0 Å². The Balaban J connectivity index is 1.61. The summed E-state index contributed by atoms with van der Waals surface area (Å²) >= 11 is 0. The molecule has 2 aromatic rings. The first kappa shape index (κ1) is 16.6. The molecular formula is C18H23FN4O. The number of hydrogen-bond donors (Lipinski definition) is 2. The van der Waals surface area contributed by atoms with Gasteiger partial charge >= 0.3 is 0 Å². The third kappa shape index (κ3) is 3.82. The van der Waals surface area contributed by atoms with Gasteiger partial charge < -0.3 is 10.2 Å². The molecule has 1 aliphatic rings. The summed E-state index contributed by atoms with van der Waals surface area (Å²) in [6.45, 7) is 5.67. The SMILES string of the molecule is CCNCC1CCN(C(=O)c2cc(-c3ccc(F)cc3)n[nH]2)CC1. The lowest BCUT2D eigenvalue weighted by Gasteiger charge is -2.31. The Hall–Kier alpha value is -2.21. The summed E-state index contributed by atoms with van der Waals surface area (Å²) in [5.74, 6) is 0.342. The van der Waals surface area contributed by atoms with E-state index in [1.54, 1.807) is 18.2 Å². The van der Waals surface area contributed by atoms with Crippen LogP contribution in [0.4, 0.5) is 4.39 Å². The maximum absolute atomic E-state index is 13.0. The molecule has 2 N–H and O–H groups in total. The van der Waals surface area contributed by atoms with Gasteiger partial charge in [-0.2, -0.15) is 5.10 Å². The van der Waals surface area contributed by atoms with Gasteiger partial charge in [-0.3, -0.25) is 9.89 Å². The molecule has 3 rings (SSSR count). The fraction of sp³-hybridized carbons (Fsp3) is 0.444. The van der Waals surface area contributed by atoms with Gasteiger partial charge in [0, 0.05) is 18.7 Å². The molecule has 24 heavy (non-hydrogen) atoms. The van der Waals surface area contributed by atoms with Gasteiger partial charge in [-0.15, -0.1) is 0 Å². The Kier molecular flexibility index (Phi) is 5.25. The van der Waals surface area contributed by atoms with Crippen LogP contribution in [0.1, 0.15) is 30.3 Å². The number of amides is 1. The summed E-state index contributed by atoms with van der Waals surface area (Å²) in [6, 6.07) is 7.83. The molecule has 1 aromatic carbocycles. The zero-order valence-electron chi connectivity index (χ0n) is 13.9. The van der Waals surface area contributed by atoms with Crippen LogP contribution < -0.4 is 5.32 Å². The van der Waals surface area contributed by atoms with E-state index in [-0.39, 0.29) is 11.7 Å². The lowest BCUT2D eigenvalue weighted by molar-refractivity contribution is 0.0684. The van der Waals surface area contributed by atoms with Crippen LogP contribution >= 0.6 is 0 Å². The molecule has 0 spiro atoms. The van der Waals surface area contributed by atoms with E-state index in [9.17, 15) is 9.18 Å². The van der Waals surface area contributed by atoms with Gasteiger partial charge in [-0.25, -0.2) is 4.39 Å². The number of halogens is 1. The van der Waals surface area contributed by atoms with Crippen LogP contribution in [-0.4, -0.2) is 47.2 Å². The maximum Gasteiger partial charge on any atom is 0.271 e. The predicted octanol–water partition coefficient (Wildman–Crippen LogP) is 2.68. The number of nitrogens with zero attached hydrogens (tertiary/aromatic N) is 2. The summed E-state index contributed by atoms with van der Waals surface area (Å²) < 4.78 is 13.0. The zero-order chi connectivity index (χ0) is 16.9. The van der Waals surface area contributed by atoms with E-state index in [1.807, 2.05) is 4.90 Å². The van der Waals surface area contributed by atoms with Crippen LogP contribution in [0.15, 0.2) is 30.3 Å². The number of nitrogens with one attached hydrogen (secondary N) is 2. The second-order valence-electron chi connectivity index (χ2n) is 6.22. The van der Waals surface area contributed by atoms with E-state index in [0.717, 1.165) is 44.6 Å². The van der Waals surface area contributed by atoms with Crippen molar-refractivity contribution in [2.24, 2.45) is 5.92 Å². The number of benzene rings is 1. The van der Waals surface area contributed by atoms with Crippen LogP contribution in [-0.2, 0) is 0 Å². The molecule has 0 radical (unpaired) electrons. The van der Waals surface area contributed by atoms with Crippen molar-refractivity contribution in [2.45, 2.75) is 19.8 Å². The molecule has 0 bridgehead atoms. The van der Waals surface area contributed by atoms with Gasteiger partial charge in [0.15, 0.2) is 0 Å². The van der Waals surface area contributed by atoms with Crippen molar-refractivity contribution >= 4 is 5.91 Å². The van der Waals surface area contributed by atoms with E-state index in [2.05, 4.69) is 22.4 Å². The van der Waals surface area contributed by atoms with Gasteiger partial charge in [0.05, 0.1) is 5.69 Å². The number of aromatic amines is 1. The van der Waals surface area contributed by atoms with E-state index in [0.29, 0.717) is 17.3 Å². The summed E-state index contributed by atoms with van der Waals surface area (Å²) in [6.07, 6.45) is 2.05. The van der Waals surface area contributed by atoms with Crippen molar-refractivity contribution in [3.63, 3.8) is 0 Å². The highest BCUT2D eigenvalue weighted by Gasteiger charge is 2.24. The zero-order valence-corrected chi connectivity index (χ0v) is 13.9. The second-order valence-corrected chi connectivity index (χ2v) is 6.22. The van der Waals surface area contributed by atoms with Crippen molar-refractivity contribution in [3.05, 3.63) is 41.8 Å². The van der Waals surface area contributed by atoms with Crippen molar-refractivity contribution in [1.29, 1.82) is 0 Å². The van der Waals surface area contributed by atoms with Crippen LogP contribution in [0.3, 0.4) is 0 Å². The van der Waals surface area contributed by atoms with E-state index in [4.69, 9.17) is 0 Å². The number of likely N-dealkylation sites (tertiary alicyclic amines) is 1. The van der Waals surface area contributed by atoms with Crippen molar-refractivity contribution < 1.29 is 9.18 Å². The normalized spacial score (nSPS) is 15.7. The van der Waals surface area contributed by atoms with Gasteiger partial charge in [0.25, 0.3) is 5.91 Å². The number of H-pyrrole nitrogens is 1. The monoisotopic (exact) mass is 330 g/mol. The minimum atomic E-state index is -0.286. The Morgan fingerprint density at radius 3 is 2.71 bits per heavy atom. The summed E-state index contributed by atoms with van der Waals surface area (Å²) in [5, 5.41) is 10.4. The first-order valence-corrected chi connectivity index (χ1v) is 8.48. The molecule has 1 fully saturated rings. The minimum absolute atomic E-state index is 0.0160. The Bertz CT molecular complexity index is 675. The number of rotatable bonds is 5. The summed E-state index contributed by atoms with van der Waals surface area (Å²) in [4.78, 5) is 14.5. The van der Waals surface area contributed by atoms with E-state index >= 15 is 0 Å². The number of carbonyl (C=O) groups excluding carboxylic acids is 1. The summed E-state index contributed by atoms with van der Waals surface area (Å²) in [5.41, 5.74) is 1.93. The summed E-state index contributed by atoms with van der Waals surface area (Å²) in [7, 11) is 0. The molecule has 128 valence electrons. The van der Waals surface area contributed by atoms with Crippen molar-refractivity contribution in [2.75, 3.05) is 26.2 Å². The van der Waals surface area contributed by atoms with Gasteiger partial charge in [-0.05, 0) is 62.2 Å². The minimum Gasteiger partial charge on any atom is -0.337 e. The lowest BCUT2D eigenvalue weighted by Crippen LogP contribution is -2.40.